The summed E-state index contributed by atoms with van der Waals surface area (Å²) in [5.74, 6) is -0.0836. The molecule has 1 saturated heterocycles. The Balaban J connectivity index is 1.32. The van der Waals surface area contributed by atoms with Crippen LogP contribution in [0.4, 0.5) is 10.8 Å². The van der Waals surface area contributed by atoms with E-state index >= 15 is 0 Å². The van der Waals surface area contributed by atoms with Gasteiger partial charge in [0.25, 0.3) is 0 Å². The normalized spacial score (nSPS) is 14.6. The van der Waals surface area contributed by atoms with E-state index in [0.29, 0.717) is 5.02 Å². The van der Waals surface area contributed by atoms with Crippen LogP contribution in [0.15, 0.2) is 48.7 Å². The minimum Gasteiger partial charge on any atom is -0.378 e. The van der Waals surface area contributed by atoms with E-state index in [-0.39, 0.29) is 12.5 Å². The summed E-state index contributed by atoms with van der Waals surface area (Å²) in [4.78, 5) is 19.6. The molecule has 1 N–H and O–H groups in total. The number of carbonyl (C=O) groups excluding carboxylic acids is 1. The number of amides is 1. The number of hydrogen-bond donors (Lipinski definition) is 1. The number of nitrogens with zero attached hydrogens (tertiary/aromatic N) is 3. The molecule has 0 radical (unpaired) electrons. The van der Waals surface area contributed by atoms with E-state index in [4.69, 9.17) is 21.3 Å². The van der Waals surface area contributed by atoms with Crippen LogP contribution in [0.1, 0.15) is 0 Å². The number of ether oxygens (including phenoxy) is 1. The molecule has 3 heterocycles. The molecule has 0 spiro atoms. The summed E-state index contributed by atoms with van der Waals surface area (Å²) in [6, 6.07) is 13.5. The Morgan fingerprint density at radius 3 is 2.90 bits per heavy atom. The number of fused-ring (bicyclic) bond motifs is 2. The second kappa shape index (κ2) is 7.67. The van der Waals surface area contributed by atoms with E-state index < -0.39 is 0 Å². The van der Waals surface area contributed by atoms with E-state index in [0.717, 1.165) is 58.2 Å². The molecule has 29 heavy (non-hydrogen) atoms. The zero-order valence-electron chi connectivity index (χ0n) is 15.6. The minimum absolute atomic E-state index is 0.0836. The molecule has 0 atom stereocenters. The summed E-state index contributed by atoms with van der Waals surface area (Å²) in [6.45, 7) is 3.41. The smallest absolute Gasteiger partial charge is 0.244 e. The van der Waals surface area contributed by atoms with Crippen molar-refractivity contribution < 1.29 is 9.53 Å². The van der Waals surface area contributed by atoms with Gasteiger partial charge in [0.15, 0.2) is 5.13 Å². The lowest BCUT2D eigenvalue weighted by Crippen LogP contribution is -2.36. The number of anilines is 2. The first kappa shape index (κ1) is 18.4. The highest BCUT2D eigenvalue weighted by Gasteiger charge is 2.16. The molecule has 1 aliphatic heterocycles. The molecular weight excluding hydrogens is 408 g/mol. The molecule has 1 fully saturated rings. The first-order valence-electron chi connectivity index (χ1n) is 9.43. The SMILES string of the molecule is O=C(Cn1ccc2ccc(Cl)cc21)Nc1ccc2nc(N3CCOCC3)sc2c1. The quantitative estimate of drug-likeness (QED) is 0.526. The summed E-state index contributed by atoms with van der Waals surface area (Å²) < 4.78 is 8.37. The van der Waals surface area contributed by atoms with Crippen LogP contribution in [0, 0.1) is 0 Å². The highest BCUT2D eigenvalue weighted by molar-refractivity contribution is 7.22. The summed E-state index contributed by atoms with van der Waals surface area (Å²) >= 11 is 7.74. The number of rotatable bonds is 4. The van der Waals surface area contributed by atoms with Gasteiger partial charge in [-0.3, -0.25) is 4.79 Å². The minimum atomic E-state index is -0.0836. The fourth-order valence-electron chi connectivity index (χ4n) is 3.53. The van der Waals surface area contributed by atoms with Crippen LogP contribution in [0.3, 0.4) is 0 Å². The molecule has 2 aromatic carbocycles. The van der Waals surface area contributed by atoms with Crippen LogP contribution < -0.4 is 10.2 Å². The standard InChI is InChI=1S/C21H19ClN4O2S/c22-15-2-1-14-5-6-26(18(14)11-15)13-20(27)23-16-3-4-17-19(12-16)29-21(24-17)25-7-9-28-10-8-25/h1-6,11-12H,7-10,13H2,(H,23,27). The van der Waals surface area contributed by atoms with Gasteiger partial charge in [-0.05, 0) is 41.8 Å². The van der Waals surface area contributed by atoms with Gasteiger partial charge >= 0.3 is 0 Å². The fourth-order valence-corrected chi connectivity index (χ4v) is 4.75. The molecule has 4 aromatic rings. The number of hydrogen-bond acceptors (Lipinski definition) is 5. The van der Waals surface area contributed by atoms with Crippen molar-refractivity contribution in [2.75, 3.05) is 36.5 Å². The molecule has 148 valence electrons. The second-order valence-corrected chi connectivity index (χ2v) is 8.42. The Hall–Kier alpha value is -2.61. The lowest BCUT2D eigenvalue weighted by Gasteiger charge is -2.25. The van der Waals surface area contributed by atoms with Gasteiger partial charge in [-0.2, -0.15) is 0 Å². The molecule has 0 unspecified atom stereocenters. The van der Waals surface area contributed by atoms with Crippen LogP contribution >= 0.6 is 22.9 Å². The molecular formula is C21H19ClN4O2S. The van der Waals surface area contributed by atoms with Gasteiger partial charge in [-0.1, -0.05) is 29.0 Å². The van der Waals surface area contributed by atoms with E-state index in [1.807, 2.05) is 53.2 Å². The first-order chi connectivity index (χ1) is 14.2. The third-order valence-electron chi connectivity index (χ3n) is 4.99. The maximum absolute atomic E-state index is 12.6. The van der Waals surface area contributed by atoms with Gasteiger partial charge in [-0.25, -0.2) is 4.98 Å². The second-order valence-electron chi connectivity index (χ2n) is 6.97. The van der Waals surface area contributed by atoms with E-state index in [9.17, 15) is 4.79 Å². The monoisotopic (exact) mass is 426 g/mol. The number of halogens is 1. The van der Waals surface area contributed by atoms with Crippen molar-refractivity contribution in [2.24, 2.45) is 0 Å². The molecule has 8 heteroatoms. The van der Waals surface area contributed by atoms with Gasteiger partial charge < -0.3 is 19.5 Å². The molecule has 0 aliphatic carbocycles. The highest BCUT2D eigenvalue weighted by Crippen LogP contribution is 2.31. The molecule has 6 nitrogen and oxygen atoms in total. The topological polar surface area (TPSA) is 59.4 Å². The van der Waals surface area contributed by atoms with Crippen LogP contribution in [0.5, 0.6) is 0 Å². The highest BCUT2D eigenvalue weighted by atomic mass is 35.5. The average Bonchev–Trinajstić information content (AvgIpc) is 3.32. The zero-order chi connectivity index (χ0) is 19.8. The molecule has 1 aliphatic rings. The lowest BCUT2D eigenvalue weighted by atomic mass is 10.2. The molecule has 0 bridgehead atoms. The number of nitrogens with one attached hydrogen (secondary N) is 1. The van der Waals surface area contributed by atoms with Gasteiger partial charge in [-0.15, -0.1) is 0 Å². The third kappa shape index (κ3) is 3.81. The molecule has 5 rings (SSSR count). The summed E-state index contributed by atoms with van der Waals surface area (Å²) in [5, 5.41) is 5.71. The Bertz CT molecular complexity index is 1200. The van der Waals surface area contributed by atoms with Crippen LogP contribution in [-0.4, -0.2) is 41.8 Å². The van der Waals surface area contributed by atoms with Gasteiger partial charge in [0.05, 0.1) is 23.4 Å². The van der Waals surface area contributed by atoms with Crippen molar-refractivity contribution in [3.63, 3.8) is 0 Å². The maximum Gasteiger partial charge on any atom is 0.244 e. The molecule has 1 amide bonds. The zero-order valence-corrected chi connectivity index (χ0v) is 17.2. The van der Waals surface area contributed by atoms with Crippen LogP contribution in [-0.2, 0) is 16.1 Å². The van der Waals surface area contributed by atoms with Crippen molar-refractivity contribution in [3.05, 3.63) is 53.7 Å². The van der Waals surface area contributed by atoms with Gasteiger partial charge in [0, 0.05) is 35.5 Å². The average molecular weight is 427 g/mol. The molecule has 0 saturated carbocycles. The van der Waals surface area contributed by atoms with Crippen molar-refractivity contribution in [3.8, 4) is 0 Å². The van der Waals surface area contributed by atoms with Crippen LogP contribution in [0.25, 0.3) is 21.1 Å². The summed E-state index contributed by atoms with van der Waals surface area (Å²) in [6.07, 6.45) is 1.90. The number of benzene rings is 2. The molecule has 2 aromatic heterocycles. The van der Waals surface area contributed by atoms with Gasteiger partial charge in [0.1, 0.15) is 6.54 Å². The number of morpholine rings is 1. The fraction of sp³-hybridized carbons (Fsp3) is 0.238. The van der Waals surface area contributed by atoms with Crippen molar-refractivity contribution in [2.45, 2.75) is 6.54 Å². The predicted octanol–water partition coefficient (Wildman–Crippen LogP) is 4.38. The van der Waals surface area contributed by atoms with Crippen molar-refractivity contribution in [1.29, 1.82) is 0 Å². The number of carbonyl (C=O) groups is 1. The van der Waals surface area contributed by atoms with Crippen molar-refractivity contribution >= 4 is 60.8 Å². The Morgan fingerprint density at radius 1 is 1.17 bits per heavy atom. The van der Waals surface area contributed by atoms with E-state index in [1.165, 1.54) is 0 Å². The number of thiazole rings is 1. The van der Waals surface area contributed by atoms with E-state index in [1.54, 1.807) is 11.3 Å². The van der Waals surface area contributed by atoms with E-state index in [2.05, 4.69) is 10.2 Å². The van der Waals surface area contributed by atoms with Crippen molar-refractivity contribution in [1.82, 2.24) is 9.55 Å². The Morgan fingerprint density at radius 2 is 2.03 bits per heavy atom. The predicted molar refractivity (Wildman–Crippen MR) is 118 cm³/mol. The van der Waals surface area contributed by atoms with Crippen LogP contribution in [0.2, 0.25) is 5.02 Å². The lowest BCUT2D eigenvalue weighted by molar-refractivity contribution is -0.116. The van der Waals surface area contributed by atoms with Gasteiger partial charge in [0.2, 0.25) is 5.91 Å². The Kier molecular flexibility index (Phi) is 4.87. The summed E-state index contributed by atoms with van der Waals surface area (Å²) in [7, 11) is 0. The summed E-state index contributed by atoms with van der Waals surface area (Å²) in [5.41, 5.74) is 2.66. The Labute approximate surface area is 176 Å². The maximum atomic E-state index is 12.6. The first-order valence-corrected chi connectivity index (χ1v) is 10.6. The third-order valence-corrected chi connectivity index (χ3v) is 6.31. The number of aromatic nitrogens is 2. The largest absolute Gasteiger partial charge is 0.378 e.